The Morgan fingerprint density at radius 2 is 1.58 bits per heavy atom. The van der Waals surface area contributed by atoms with E-state index in [0.717, 1.165) is 24.8 Å². The molecular formula is C24H27N5O2. The topological polar surface area (TPSA) is 110 Å². The highest BCUT2D eigenvalue weighted by atomic mass is 16.2. The van der Waals surface area contributed by atoms with Crippen molar-refractivity contribution < 1.29 is 9.59 Å². The molecule has 0 radical (unpaired) electrons. The monoisotopic (exact) mass is 417 g/mol. The Hall–Kier alpha value is -3.74. The lowest BCUT2D eigenvalue weighted by atomic mass is 10.0. The summed E-state index contributed by atoms with van der Waals surface area (Å²) in [5.74, 6) is -0.156. The Balaban J connectivity index is 1.29. The van der Waals surface area contributed by atoms with Gasteiger partial charge in [0.25, 0.3) is 5.91 Å². The zero-order chi connectivity index (χ0) is 21.9. The first kappa shape index (κ1) is 22.0. The lowest BCUT2D eigenvalue weighted by molar-refractivity contribution is -0.121. The van der Waals surface area contributed by atoms with Gasteiger partial charge in [0.2, 0.25) is 11.9 Å². The van der Waals surface area contributed by atoms with Gasteiger partial charge in [0.15, 0.2) is 0 Å². The van der Waals surface area contributed by atoms with Gasteiger partial charge >= 0.3 is 0 Å². The van der Waals surface area contributed by atoms with Gasteiger partial charge in [-0.2, -0.15) is 0 Å². The SMILES string of the molecule is NC(=O)c1ccnc(NCCCCNC(=O)CCc2ccc(-c3ccccc3)cc2)n1. The lowest BCUT2D eigenvalue weighted by Gasteiger charge is -2.07. The van der Waals surface area contributed by atoms with Gasteiger partial charge in [0, 0.05) is 25.7 Å². The number of hydrogen-bond acceptors (Lipinski definition) is 5. The number of unbranched alkanes of at least 4 members (excludes halogenated alkanes) is 1. The number of aryl methyl sites for hydroxylation is 1. The predicted octanol–water partition coefficient (Wildman–Crippen LogP) is 3.18. The van der Waals surface area contributed by atoms with Crippen molar-refractivity contribution in [3.8, 4) is 11.1 Å². The Morgan fingerprint density at radius 3 is 2.32 bits per heavy atom. The molecule has 0 aliphatic rings. The van der Waals surface area contributed by atoms with Gasteiger partial charge in [0.05, 0.1) is 0 Å². The van der Waals surface area contributed by atoms with Crippen LogP contribution in [-0.2, 0) is 11.2 Å². The number of benzene rings is 2. The van der Waals surface area contributed by atoms with Gasteiger partial charge in [-0.1, -0.05) is 54.6 Å². The minimum absolute atomic E-state index is 0.0533. The molecular weight excluding hydrogens is 390 g/mol. The molecule has 0 saturated heterocycles. The molecule has 0 spiro atoms. The van der Waals surface area contributed by atoms with Crippen molar-refractivity contribution in [3.63, 3.8) is 0 Å². The first-order valence-electron chi connectivity index (χ1n) is 10.4. The summed E-state index contributed by atoms with van der Waals surface area (Å²) in [6, 6.07) is 20.1. The average Bonchev–Trinajstić information content (AvgIpc) is 2.81. The van der Waals surface area contributed by atoms with E-state index < -0.39 is 5.91 Å². The predicted molar refractivity (Wildman–Crippen MR) is 121 cm³/mol. The third-order valence-electron chi connectivity index (χ3n) is 4.82. The minimum Gasteiger partial charge on any atom is -0.364 e. The zero-order valence-electron chi connectivity index (χ0n) is 17.4. The summed E-state index contributed by atoms with van der Waals surface area (Å²) >= 11 is 0. The minimum atomic E-state index is -0.583. The van der Waals surface area contributed by atoms with Gasteiger partial charge in [-0.25, -0.2) is 9.97 Å². The second-order valence-electron chi connectivity index (χ2n) is 7.18. The number of nitrogens with zero attached hydrogens (tertiary/aromatic N) is 2. The van der Waals surface area contributed by atoms with Gasteiger partial charge in [-0.3, -0.25) is 9.59 Å². The van der Waals surface area contributed by atoms with Crippen LogP contribution in [0.4, 0.5) is 5.95 Å². The van der Waals surface area contributed by atoms with Crippen molar-refractivity contribution in [2.75, 3.05) is 18.4 Å². The number of carbonyl (C=O) groups is 2. The quantitative estimate of drug-likeness (QED) is 0.415. The molecule has 0 fully saturated rings. The fourth-order valence-electron chi connectivity index (χ4n) is 3.10. The summed E-state index contributed by atoms with van der Waals surface area (Å²) in [4.78, 5) is 31.3. The number of nitrogens with two attached hydrogens (primary N) is 1. The molecule has 7 nitrogen and oxygen atoms in total. The van der Waals surface area contributed by atoms with Gasteiger partial charge in [-0.15, -0.1) is 0 Å². The molecule has 31 heavy (non-hydrogen) atoms. The molecule has 2 amide bonds. The summed E-state index contributed by atoms with van der Waals surface area (Å²) in [7, 11) is 0. The van der Waals surface area contributed by atoms with Crippen molar-refractivity contribution in [1.29, 1.82) is 0 Å². The van der Waals surface area contributed by atoms with Gasteiger partial charge in [-0.05, 0) is 42.0 Å². The van der Waals surface area contributed by atoms with Crippen LogP contribution < -0.4 is 16.4 Å². The Morgan fingerprint density at radius 1 is 0.871 bits per heavy atom. The van der Waals surface area contributed by atoms with E-state index in [2.05, 4.69) is 57.0 Å². The van der Waals surface area contributed by atoms with E-state index in [1.807, 2.05) is 18.2 Å². The standard InChI is InChI=1S/C24H27N5O2/c25-23(31)21-14-17-28-24(29-21)27-16-5-4-15-26-22(30)13-10-18-8-11-20(12-9-18)19-6-2-1-3-7-19/h1-3,6-9,11-12,14,17H,4-5,10,13,15-16H2,(H2,25,31)(H,26,30)(H,27,28,29). The molecule has 7 heteroatoms. The summed E-state index contributed by atoms with van der Waals surface area (Å²) in [5, 5.41) is 6.00. The second kappa shape index (κ2) is 11.4. The first-order chi connectivity index (χ1) is 15.1. The highest BCUT2D eigenvalue weighted by molar-refractivity contribution is 5.90. The highest BCUT2D eigenvalue weighted by Gasteiger charge is 2.05. The third-order valence-corrected chi connectivity index (χ3v) is 4.82. The van der Waals surface area contributed by atoms with Crippen molar-refractivity contribution in [2.24, 2.45) is 5.73 Å². The van der Waals surface area contributed by atoms with Crippen LogP contribution in [0.5, 0.6) is 0 Å². The van der Waals surface area contributed by atoms with Crippen molar-refractivity contribution in [3.05, 3.63) is 78.1 Å². The van der Waals surface area contributed by atoms with Crippen LogP contribution in [0, 0.1) is 0 Å². The molecule has 1 heterocycles. The smallest absolute Gasteiger partial charge is 0.267 e. The molecule has 3 rings (SSSR count). The molecule has 0 saturated carbocycles. The van der Waals surface area contributed by atoms with E-state index in [4.69, 9.17) is 5.73 Å². The number of hydrogen-bond donors (Lipinski definition) is 3. The number of aromatic nitrogens is 2. The molecule has 160 valence electrons. The van der Waals surface area contributed by atoms with Crippen molar-refractivity contribution in [1.82, 2.24) is 15.3 Å². The zero-order valence-corrected chi connectivity index (χ0v) is 17.4. The molecule has 0 bridgehead atoms. The summed E-state index contributed by atoms with van der Waals surface area (Å²) in [6.45, 7) is 1.27. The average molecular weight is 418 g/mol. The van der Waals surface area contributed by atoms with E-state index in [0.29, 0.717) is 25.5 Å². The number of nitrogens with one attached hydrogen (secondary N) is 2. The molecule has 3 aromatic rings. The van der Waals surface area contributed by atoms with Crippen molar-refractivity contribution in [2.45, 2.75) is 25.7 Å². The third kappa shape index (κ3) is 7.22. The van der Waals surface area contributed by atoms with Crippen LogP contribution in [0.25, 0.3) is 11.1 Å². The van der Waals surface area contributed by atoms with E-state index in [1.54, 1.807) is 0 Å². The fraction of sp³-hybridized carbons (Fsp3) is 0.250. The summed E-state index contributed by atoms with van der Waals surface area (Å²) < 4.78 is 0. The van der Waals surface area contributed by atoms with Crippen LogP contribution in [0.3, 0.4) is 0 Å². The highest BCUT2D eigenvalue weighted by Crippen LogP contribution is 2.19. The van der Waals surface area contributed by atoms with Gasteiger partial charge < -0.3 is 16.4 Å². The number of amides is 2. The van der Waals surface area contributed by atoms with Crippen LogP contribution in [0.1, 0.15) is 35.3 Å². The largest absolute Gasteiger partial charge is 0.364 e. The fourth-order valence-corrected chi connectivity index (χ4v) is 3.10. The maximum atomic E-state index is 12.1. The molecule has 4 N–H and O–H groups in total. The number of anilines is 1. The Labute approximate surface area is 182 Å². The number of primary amides is 1. The molecule has 2 aromatic carbocycles. The van der Waals surface area contributed by atoms with Gasteiger partial charge in [0.1, 0.15) is 5.69 Å². The normalized spacial score (nSPS) is 10.5. The van der Waals surface area contributed by atoms with Crippen LogP contribution in [0.2, 0.25) is 0 Å². The molecule has 0 aliphatic carbocycles. The lowest BCUT2D eigenvalue weighted by Crippen LogP contribution is -2.25. The van der Waals surface area contributed by atoms with Crippen LogP contribution in [-0.4, -0.2) is 34.9 Å². The van der Waals surface area contributed by atoms with E-state index in [-0.39, 0.29) is 11.6 Å². The van der Waals surface area contributed by atoms with Crippen LogP contribution in [0.15, 0.2) is 66.9 Å². The summed E-state index contributed by atoms with van der Waals surface area (Å²) in [5.41, 5.74) is 8.89. The van der Waals surface area contributed by atoms with E-state index in [1.165, 1.54) is 23.4 Å². The van der Waals surface area contributed by atoms with E-state index in [9.17, 15) is 9.59 Å². The van der Waals surface area contributed by atoms with Crippen LogP contribution >= 0.6 is 0 Å². The molecule has 0 aliphatic heterocycles. The molecule has 0 atom stereocenters. The number of rotatable bonds is 11. The summed E-state index contributed by atoms with van der Waals surface area (Å²) in [6.07, 6.45) is 4.35. The maximum Gasteiger partial charge on any atom is 0.267 e. The van der Waals surface area contributed by atoms with Crippen molar-refractivity contribution >= 4 is 17.8 Å². The van der Waals surface area contributed by atoms with E-state index >= 15 is 0 Å². The second-order valence-corrected chi connectivity index (χ2v) is 7.18. The maximum absolute atomic E-state index is 12.1. The Bertz CT molecular complexity index is 990. The number of carbonyl (C=O) groups excluding carboxylic acids is 2. The molecule has 1 aromatic heterocycles. The first-order valence-corrected chi connectivity index (χ1v) is 10.4. The Kier molecular flexibility index (Phi) is 8.11. The molecule has 0 unspecified atom stereocenters.